The van der Waals surface area contributed by atoms with Crippen LogP contribution in [0.5, 0.6) is 11.5 Å². The van der Waals surface area contributed by atoms with Crippen molar-refractivity contribution in [3.8, 4) is 34.1 Å². The zero-order valence-corrected chi connectivity index (χ0v) is 35.5. The van der Waals surface area contributed by atoms with Crippen molar-refractivity contribution >= 4 is 44.6 Å². The molecule has 2 atom stereocenters. The number of pyridine rings is 1. The molecule has 0 saturated carbocycles. The number of para-hydroxylation sites is 1. The molecule has 17 heteroatoms. The van der Waals surface area contributed by atoms with Crippen LogP contribution in [0, 0.1) is 11.6 Å². The van der Waals surface area contributed by atoms with Crippen LogP contribution in [0.25, 0.3) is 28.3 Å². The molecule has 2 N–H and O–H groups in total. The van der Waals surface area contributed by atoms with Crippen LogP contribution in [-0.4, -0.2) is 108 Å². The summed E-state index contributed by atoms with van der Waals surface area (Å²) in [7, 11) is -1.52. The van der Waals surface area contributed by atoms with E-state index >= 15 is 0 Å². The predicted molar refractivity (Wildman–Crippen MR) is 234 cm³/mol. The minimum atomic E-state index is -3.17. The van der Waals surface area contributed by atoms with Crippen LogP contribution in [0.4, 0.5) is 31.8 Å². The Kier molecular flexibility index (Phi) is 11.3. The van der Waals surface area contributed by atoms with E-state index in [0.717, 1.165) is 68.8 Å². The number of imidazole rings is 1. The summed E-state index contributed by atoms with van der Waals surface area (Å²) >= 11 is 0. The number of carbonyl (C=O) groups is 1. The SMILES string of the molecule is CCOc1ccc(-c2nc3ccccn3c2-c2ccnc(Nc3cc4c(cc3OC)N3CCC(N5CCN(S(C)(=O)=O)CC5)CC3CC4)n2)cc1C(=O)Nc1c(F)cccc1F. The van der Waals surface area contributed by atoms with Gasteiger partial charge >= 0.3 is 0 Å². The first-order valence-electron chi connectivity index (χ1n) is 20.8. The van der Waals surface area contributed by atoms with Crippen molar-refractivity contribution in [2.24, 2.45) is 0 Å². The molecule has 0 spiro atoms. The molecule has 2 saturated heterocycles. The van der Waals surface area contributed by atoms with Gasteiger partial charge in [0, 0.05) is 74.5 Å². The summed E-state index contributed by atoms with van der Waals surface area (Å²) in [5.74, 6) is -1.32. The number of amides is 1. The predicted octanol–water partition coefficient (Wildman–Crippen LogP) is 7.00. The highest BCUT2D eigenvalue weighted by Gasteiger charge is 2.37. The number of rotatable bonds is 11. The Balaban J connectivity index is 0.987. The number of piperidine rings is 1. The van der Waals surface area contributed by atoms with Gasteiger partial charge in [0.15, 0.2) is 0 Å². The van der Waals surface area contributed by atoms with Crippen LogP contribution in [0.3, 0.4) is 0 Å². The number of anilines is 4. The Labute approximate surface area is 358 Å². The minimum absolute atomic E-state index is 0.0697. The van der Waals surface area contributed by atoms with E-state index in [-0.39, 0.29) is 17.9 Å². The van der Waals surface area contributed by atoms with Gasteiger partial charge in [-0.25, -0.2) is 32.2 Å². The van der Waals surface area contributed by atoms with Gasteiger partial charge in [-0.15, -0.1) is 0 Å². The molecular weight excluding hydrogens is 817 g/mol. The minimum Gasteiger partial charge on any atom is -0.494 e. The number of aryl methyl sites for hydroxylation is 1. The molecule has 9 rings (SSSR count). The molecule has 14 nitrogen and oxygen atoms in total. The van der Waals surface area contributed by atoms with Gasteiger partial charge in [-0.05, 0) is 92.8 Å². The van der Waals surface area contributed by atoms with Crippen molar-refractivity contribution in [1.82, 2.24) is 28.6 Å². The molecule has 2 unspecified atom stereocenters. The Morgan fingerprint density at radius 1 is 0.903 bits per heavy atom. The number of nitrogens with one attached hydrogen (secondary N) is 2. The van der Waals surface area contributed by atoms with E-state index in [9.17, 15) is 22.0 Å². The lowest BCUT2D eigenvalue weighted by molar-refractivity contribution is 0.102. The maximum absolute atomic E-state index is 14.6. The molecule has 62 heavy (non-hydrogen) atoms. The molecule has 0 bridgehead atoms. The highest BCUT2D eigenvalue weighted by molar-refractivity contribution is 7.88. The summed E-state index contributed by atoms with van der Waals surface area (Å²) in [4.78, 5) is 33.1. The molecule has 322 valence electrons. The largest absolute Gasteiger partial charge is 0.494 e. The van der Waals surface area contributed by atoms with Gasteiger partial charge in [-0.1, -0.05) is 12.1 Å². The summed E-state index contributed by atoms with van der Waals surface area (Å²) in [5, 5.41) is 5.80. The highest BCUT2D eigenvalue weighted by atomic mass is 32.2. The van der Waals surface area contributed by atoms with Gasteiger partial charge in [0.2, 0.25) is 16.0 Å². The fourth-order valence-corrected chi connectivity index (χ4v) is 9.90. The number of halogens is 2. The summed E-state index contributed by atoms with van der Waals surface area (Å²) in [6, 6.07) is 20.8. The molecule has 6 heterocycles. The fourth-order valence-electron chi connectivity index (χ4n) is 9.07. The van der Waals surface area contributed by atoms with E-state index in [1.165, 1.54) is 17.9 Å². The Morgan fingerprint density at radius 3 is 2.47 bits per heavy atom. The third kappa shape index (κ3) is 8.02. The van der Waals surface area contributed by atoms with Crippen LogP contribution < -0.4 is 25.0 Å². The van der Waals surface area contributed by atoms with Crippen molar-refractivity contribution < 1.29 is 31.5 Å². The third-order valence-electron chi connectivity index (χ3n) is 12.1. The molecule has 3 aromatic heterocycles. The molecule has 1 amide bonds. The van der Waals surface area contributed by atoms with Crippen molar-refractivity contribution in [2.45, 2.75) is 44.7 Å². The van der Waals surface area contributed by atoms with E-state index in [0.29, 0.717) is 65.2 Å². The van der Waals surface area contributed by atoms with Crippen molar-refractivity contribution in [3.63, 3.8) is 0 Å². The quantitative estimate of drug-likeness (QED) is 0.139. The number of benzene rings is 3. The smallest absolute Gasteiger partial charge is 0.259 e. The summed E-state index contributed by atoms with van der Waals surface area (Å²) in [6.45, 7) is 5.54. The number of hydrogen-bond donors (Lipinski definition) is 2. The van der Waals surface area contributed by atoms with Crippen molar-refractivity contribution in [1.29, 1.82) is 0 Å². The number of methoxy groups -OCH3 is 1. The fraction of sp³-hybridized carbons (Fsp3) is 0.333. The van der Waals surface area contributed by atoms with Gasteiger partial charge < -0.3 is 25.0 Å². The van der Waals surface area contributed by atoms with Crippen LogP contribution >= 0.6 is 0 Å². The summed E-state index contributed by atoms with van der Waals surface area (Å²) < 4.78 is 68.5. The molecule has 2 fully saturated rings. The first-order valence-corrected chi connectivity index (χ1v) is 22.6. The van der Waals surface area contributed by atoms with E-state index in [2.05, 4.69) is 37.6 Å². The van der Waals surface area contributed by atoms with Gasteiger partial charge in [0.1, 0.15) is 34.5 Å². The molecular formula is C45H47F2N9O5S. The average Bonchev–Trinajstić information content (AvgIpc) is 3.67. The molecule has 0 aliphatic carbocycles. The van der Waals surface area contributed by atoms with E-state index in [1.807, 2.05) is 28.8 Å². The maximum atomic E-state index is 14.6. The number of fused-ring (bicyclic) bond motifs is 4. The molecule has 6 aromatic rings. The number of piperazine rings is 1. The number of sulfonamides is 1. The van der Waals surface area contributed by atoms with E-state index in [1.54, 1.807) is 48.8 Å². The zero-order chi connectivity index (χ0) is 43.1. The first-order chi connectivity index (χ1) is 30.0. The van der Waals surface area contributed by atoms with Gasteiger partial charge in [0.05, 0.1) is 48.3 Å². The monoisotopic (exact) mass is 863 g/mol. The van der Waals surface area contributed by atoms with Gasteiger partial charge in [-0.3, -0.25) is 14.1 Å². The van der Waals surface area contributed by atoms with Crippen molar-refractivity contribution in [2.75, 3.05) is 68.2 Å². The topological polar surface area (TPSA) is 147 Å². The lowest BCUT2D eigenvalue weighted by Gasteiger charge is -2.48. The number of carbonyl (C=O) groups excluding carboxylic acids is 1. The second-order valence-electron chi connectivity index (χ2n) is 15.8. The van der Waals surface area contributed by atoms with Gasteiger partial charge in [0.25, 0.3) is 5.91 Å². The molecule has 3 aliphatic rings. The second kappa shape index (κ2) is 16.9. The Bertz CT molecular complexity index is 2760. The highest BCUT2D eigenvalue weighted by Crippen LogP contribution is 2.43. The van der Waals surface area contributed by atoms with Gasteiger partial charge in [-0.2, -0.15) is 4.31 Å². The van der Waals surface area contributed by atoms with Crippen LogP contribution in [-0.2, 0) is 16.4 Å². The maximum Gasteiger partial charge on any atom is 0.259 e. The van der Waals surface area contributed by atoms with Crippen LogP contribution in [0.2, 0.25) is 0 Å². The Morgan fingerprint density at radius 2 is 1.71 bits per heavy atom. The normalized spacial score (nSPS) is 18.2. The number of nitrogens with zero attached hydrogens (tertiary/aromatic N) is 7. The van der Waals surface area contributed by atoms with Crippen LogP contribution in [0.1, 0.15) is 42.1 Å². The summed E-state index contributed by atoms with van der Waals surface area (Å²) in [6.07, 6.45) is 8.77. The molecule has 0 radical (unpaired) electrons. The Hall–Kier alpha value is -6.17. The van der Waals surface area contributed by atoms with Crippen LogP contribution in [0.15, 0.2) is 85.2 Å². The first kappa shape index (κ1) is 41.2. The number of hydrogen-bond acceptors (Lipinski definition) is 11. The average molecular weight is 864 g/mol. The standard InChI is InChI=1S/C45H47F2N9O5S/c1-4-61-38-14-12-29(24-32(38)44(57)52-42-33(46)8-7-9-34(42)47)41-43(56-18-6-5-10-40(56)51-41)35-15-17-48-45(49-35)50-36-25-28-11-13-31-26-30(16-19-55(31)37(28)27-39(36)60-2)53-20-22-54(23-21-53)62(3,58)59/h5-10,12,14-15,17-18,24-25,27,30-31H,4,11,13,16,19-23,26H2,1-3H3,(H,52,57)(H,48,49,50). The lowest BCUT2D eigenvalue weighted by Crippen LogP contribution is -2.56. The molecule has 3 aromatic carbocycles. The zero-order valence-electron chi connectivity index (χ0n) is 34.6. The molecule has 3 aliphatic heterocycles. The second-order valence-corrected chi connectivity index (χ2v) is 17.7. The summed E-state index contributed by atoms with van der Waals surface area (Å²) in [5.41, 5.74) is 5.48. The number of aromatic nitrogens is 4. The lowest BCUT2D eigenvalue weighted by atomic mass is 9.86. The van der Waals surface area contributed by atoms with E-state index < -0.39 is 33.3 Å². The van der Waals surface area contributed by atoms with Crippen molar-refractivity contribution in [3.05, 3.63) is 108 Å². The third-order valence-corrected chi connectivity index (χ3v) is 13.4. The number of ether oxygens (including phenoxy) is 2. The van der Waals surface area contributed by atoms with E-state index in [4.69, 9.17) is 19.4 Å².